The SMILES string of the molecule is O=C(Cc1scc(-c2ccc(C(F)(F)F)cc2)c1C(=O)O)c1nc2ccccc2o1. The number of fused-ring (bicyclic) bond motifs is 1. The molecule has 4 rings (SSSR count). The van der Waals surface area contributed by atoms with Gasteiger partial charge in [0.15, 0.2) is 5.58 Å². The fraction of sp³-hybridized carbons (Fsp3) is 0.0952. The van der Waals surface area contributed by atoms with Crippen molar-refractivity contribution in [1.82, 2.24) is 4.98 Å². The van der Waals surface area contributed by atoms with E-state index in [9.17, 15) is 27.9 Å². The molecule has 0 radical (unpaired) electrons. The Kier molecular flexibility index (Phi) is 4.90. The van der Waals surface area contributed by atoms with Crippen LogP contribution in [-0.2, 0) is 12.6 Å². The van der Waals surface area contributed by atoms with E-state index in [2.05, 4.69) is 4.98 Å². The van der Waals surface area contributed by atoms with Gasteiger partial charge in [0.1, 0.15) is 5.52 Å². The Morgan fingerprint density at radius 2 is 1.77 bits per heavy atom. The number of carbonyl (C=O) groups excluding carboxylic acids is 1. The lowest BCUT2D eigenvalue weighted by molar-refractivity contribution is -0.137. The van der Waals surface area contributed by atoms with E-state index < -0.39 is 23.5 Å². The summed E-state index contributed by atoms with van der Waals surface area (Å²) in [5, 5.41) is 11.2. The van der Waals surface area contributed by atoms with Gasteiger partial charge in [0.2, 0.25) is 5.78 Å². The largest absolute Gasteiger partial charge is 0.478 e. The van der Waals surface area contributed by atoms with Gasteiger partial charge in [-0.25, -0.2) is 9.78 Å². The van der Waals surface area contributed by atoms with Crippen LogP contribution in [0.3, 0.4) is 0 Å². The minimum atomic E-state index is -4.49. The molecule has 2 heterocycles. The van der Waals surface area contributed by atoms with Crippen molar-refractivity contribution in [2.45, 2.75) is 12.6 Å². The van der Waals surface area contributed by atoms with E-state index >= 15 is 0 Å². The third-order valence-corrected chi connectivity index (χ3v) is 5.44. The number of alkyl halides is 3. The van der Waals surface area contributed by atoms with Crippen LogP contribution < -0.4 is 0 Å². The second-order valence-electron chi connectivity index (χ2n) is 6.41. The summed E-state index contributed by atoms with van der Waals surface area (Å²) in [5.74, 6) is -1.89. The standard InChI is InChI=1S/C21H12F3NO4S/c22-21(23,24)12-7-5-11(6-8-12)13-10-30-17(18(13)20(27)28)9-15(26)19-25-14-3-1-2-4-16(14)29-19/h1-8,10H,9H2,(H,27,28). The minimum absolute atomic E-state index is 0.121. The Labute approximate surface area is 171 Å². The molecule has 9 heteroatoms. The Bertz CT molecular complexity index is 1220. The monoisotopic (exact) mass is 431 g/mol. The molecule has 0 aliphatic rings. The molecule has 0 aliphatic carbocycles. The van der Waals surface area contributed by atoms with Crippen molar-refractivity contribution in [3.8, 4) is 11.1 Å². The lowest BCUT2D eigenvalue weighted by Crippen LogP contribution is -2.08. The van der Waals surface area contributed by atoms with Gasteiger partial charge in [0, 0.05) is 10.4 Å². The average Bonchev–Trinajstić information content (AvgIpc) is 3.31. The highest BCUT2D eigenvalue weighted by molar-refractivity contribution is 7.11. The Morgan fingerprint density at radius 3 is 2.40 bits per heavy atom. The third-order valence-electron chi connectivity index (χ3n) is 4.46. The molecular weight excluding hydrogens is 419 g/mol. The molecule has 4 aromatic rings. The average molecular weight is 431 g/mol. The summed E-state index contributed by atoms with van der Waals surface area (Å²) in [5.41, 5.74) is 0.569. The van der Waals surface area contributed by atoms with Crippen LogP contribution >= 0.6 is 11.3 Å². The van der Waals surface area contributed by atoms with Gasteiger partial charge in [0.25, 0.3) is 5.89 Å². The quantitative estimate of drug-likeness (QED) is 0.410. The molecule has 0 bridgehead atoms. The van der Waals surface area contributed by atoms with Crippen LogP contribution in [0.15, 0.2) is 58.3 Å². The molecule has 2 aromatic carbocycles. The molecule has 30 heavy (non-hydrogen) atoms. The molecule has 2 aromatic heterocycles. The van der Waals surface area contributed by atoms with Crippen LogP contribution in [0.2, 0.25) is 0 Å². The smallest absolute Gasteiger partial charge is 0.416 e. The van der Waals surface area contributed by atoms with Crippen molar-refractivity contribution >= 4 is 34.2 Å². The van der Waals surface area contributed by atoms with E-state index in [1.807, 2.05) is 0 Å². The second kappa shape index (κ2) is 7.42. The van der Waals surface area contributed by atoms with Gasteiger partial charge in [-0.15, -0.1) is 11.3 Å². The number of oxazole rings is 1. The predicted octanol–water partition coefficient (Wildman–Crippen LogP) is 5.70. The molecule has 0 amide bonds. The zero-order chi connectivity index (χ0) is 21.5. The van der Waals surface area contributed by atoms with Crippen LogP contribution in [0.5, 0.6) is 0 Å². The summed E-state index contributed by atoms with van der Waals surface area (Å²) >= 11 is 1.05. The summed E-state index contributed by atoms with van der Waals surface area (Å²) in [6, 6.07) is 11.0. The first-order valence-corrected chi connectivity index (χ1v) is 9.52. The van der Waals surface area contributed by atoms with Crippen LogP contribution in [0, 0.1) is 0 Å². The Balaban J connectivity index is 1.65. The summed E-state index contributed by atoms with van der Waals surface area (Å²) < 4.78 is 43.7. The van der Waals surface area contributed by atoms with E-state index in [0.29, 0.717) is 16.7 Å². The topological polar surface area (TPSA) is 80.4 Å². The fourth-order valence-electron chi connectivity index (χ4n) is 3.03. The number of aromatic carboxylic acids is 1. The van der Waals surface area contributed by atoms with E-state index in [0.717, 1.165) is 23.5 Å². The molecule has 0 saturated heterocycles. The number of para-hydroxylation sites is 2. The Hall–Kier alpha value is -3.46. The van der Waals surface area contributed by atoms with Crippen molar-refractivity contribution in [2.75, 3.05) is 0 Å². The van der Waals surface area contributed by atoms with Crippen molar-refractivity contribution in [3.05, 3.63) is 75.8 Å². The van der Waals surface area contributed by atoms with Gasteiger partial charge in [0.05, 0.1) is 17.5 Å². The number of benzene rings is 2. The van der Waals surface area contributed by atoms with E-state index in [4.69, 9.17) is 4.42 Å². The highest BCUT2D eigenvalue weighted by Crippen LogP contribution is 2.35. The highest BCUT2D eigenvalue weighted by Gasteiger charge is 2.30. The van der Waals surface area contributed by atoms with Crippen molar-refractivity contribution in [3.63, 3.8) is 0 Å². The van der Waals surface area contributed by atoms with Gasteiger partial charge in [-0.3, -0.25) is 4.79 Å². The first-order chi connectivity index (χ1) is 14.2. The molecule has 0 atom stereocenters. The first kappa shape index (κ1) is 19.8. The lowest BCUT2D eigenvalue weighted by atomic mass is 10.00. The number of ketones is 1. The molecule has 0 saturated carbocycles. The maximum atomic E-state index is 12.8. The van der Waals surface area contributed by atoms with Gasteiger partial charge < -0.3 is 9.52 Å². The maximum Gasteiger partial charge on any atom is 0.416 e. The van der Waals surface area contributed by atoms with E-state index in [-0.39, 0.29) is 28.3 Å². The van der Waals surface area contributed by atoms with Crippen molar-refractivity contribution in [2.24, 2.45) is 0 Å². The number of carboxylic acids is 1. The van der Waals surface area contributed by atoms with Gasteiger partial charge in [-0.2, -0.15) is 13.2 Å². The fourth-order valence-corrected chi connectivity index (χ4v) is 4.07. The number of hydrogen-bond donors (Lipinski definition) is 1. The Morgan fingerprint density at radius 1 is 1.07 bits per heavy atom. The minimum Gasteiger partial charge on any atom is -0.478 e. The number of Topliss-reactive ketones (excluding diaryl/α,β-unsaturated/α-hetero) is 1. The number of thiophene rings is 1. The van der Waals surface area contributed by atoms with Gasteiger partial charge in [-0.1, -0.05) is 24.3 Å². The number of rotatable bonds is 5. The normalized spacial score (nSPS) is 11.7. The van der Waals surface area contributed by atoms with Gasteiger partial charge >= 0.3 is 12.1 Å². The molecular formula is C21H12F3NO4S. The highest BCUT2D eigenvalue weighted by atomic mass is 32.1. The molecule has 152 valence electrons. The van der Waals surface area contributed by atoms with Crippen molar-refractivity contribution < 1.29 is 32.3 Å². The molecule has 5 nitrogen and oxygen atoms in total. The summed E-state index contributed by atoms with van der Waals surface area (Å²) in [4.78, 5) is 28.8. The predicted molar refractivity (Wildman–Crippen MR) is 104 cm³/mol. The van der Waals surface area contributed by atoms with Crippen LogP contribution in [0.1, 0.15) is 31.5 Å². The number of nitrogens with zero attached hydrogens (tertiary/aromatic N) is 1. The molecule has 0 unspecified atom stereocenters. The van der Waals surface area contributed by atoms with Crippen LogP contribution in [-0.4, -0.2) is 21.8 Å². The van der Waals surface area contributed by atoms with Crippen LogP contribution in [0.4, 0.5) is 13.2 Å². The molecule has 1 N–H and O–H groups in total. The first-order valence-electron chi connectivity index (χ1n) is 8.64. The summed E-state index contributed by atoms with van der Waals surface area (Å²) in [7, 11) is 0. The molecule has 0 fully saturated rings. The maximum absolute atomic E-state index is 12.8. The molecule has 0 aliphatic heterocycles. The number of halogens is 3. The van der Waals surface area contributed by atoms with Crippen LogP contribution in [0.25, 0.3) is 22.2 Å². The zero-order valence-corrected chi connectivity index (χ0v) is 15.9. The van der Waals surface area contributed by atoms with E-state index in [1.54, 1.807) is 24.3 Å². The molecule has 0 spiro atoms. The number of carboxylic acid groups (broad SMARTS) is 1. The van der Waals surface area contributed by atoms with Gasteiger partial charge in [-0.05, 0) is 35.2 Å². The summed E-state index contributed by atoms with van der Waals surface area (Å²) in [6.45, 7) is 0. The lowest BCUT2D eigenvalue weighted by Gasteiger charge is -2.08. The second-order valence-corrected chi connectivity index (χ2v) is 7.38. The van der Waals surface area contributed by atoms with E-state index in [1.165, 1.54) is 17.5 Å². The third kappa shape index (κ3) is 3.71. The number of aromatic nitrogens is 1. The number of hydrogen-bond acceptors (Lipinski definition) is 5. The zero-order valence-electron chi connectivity index (χ0n) is 15.1. The summed E-state index contributed by atoms with van der Waals surface area (Å²) in [6.07, 6.45) is -4.74. The van der Waals surface area contributed by atoms with Crippen molar-refractivity contribution in [1.29, 1.82) is 0 Å². The number of carbonyl (C=O) groups is 2.